The number of rotatable bonds is 1. The smallest absolute Gasteiger partial charge is 0.434 e. The van der Waals surface area contributed by atoms with Gasteiger partial charge in [0.1, 0.15) is 0 Å². The zero-order chi connectivity index (χ0) is 8.27. The van der Waals surface area contributed by atoms with Crippen LogP contribution in [0.25, 0.3) is 0 Å². The van der Waals surface area contributed by atoms with Crippen molar-refractivity contribution in [3.05, 3.63) is 18.0 Å². The summed E-state index contributed by atoms with van der Waals surface area (Å²) in [6.07, 6.45) is 1.96. The highest BCUT2D eigenvalue weighted by molar-refractivity contribution is 5.68. The monoisotopic (exact) mass is 154 g/mol. The number of hydrogen-bond acceptors (Lipinski definition) is 3. The quantitative estimate of drug-likeness (QED) is 0.607. The zero-order valence-corrected chi connectivity index (χ0v) is 6.57. The van der Waals surface area contributed by atoms with E-state index in [1.165, 1.54) is 11.8 Å². The molecule has 1 aromatic rings. The Morgan fingerprint density at radius 2 is 2.55 bits per heavy atom. The maximum Gasteiger partial charge on any atom is 0.434 e. The third kappa shape index (κ3) is 1.58. The summed E-state index contributed by atoms with van der Waals surface area (Å²) in [5, 5.41) is 3.94. The Hall–Kier alpha value is -1.32. The fourth-order valence-electron chi connectivity index (χ4n) is 0.745. The number of carbonyl (C=O) groups is 1. The minimum atomic E-state index is -0.454. The molecule has 1 heterocycles. The average Bonchev–Trinajstić information content (AvgIpc) is 2.50. The highest BCUT2D eigenvalue weighted by Gasteiger charge is 2.03. The summed E-state index contributed by atoms with van der Waals surface area (Å²) in [6.45, 7) is 1.98. The van der Waals surface area contributed by atoms with E-state index in [0.717, 1.165) is 12.1 Å². The van der Waals surface area contributed by atoms with Crippen molar-refractivity contribution in [2.24, 2.45) is 0 Å². The van der Waals surface area contributed by atoms with Crippen LogP contribution in [0.4, 0.5) is 4.79 Å². The third-order valence-corrected chi connectivity index (χ3v) is 1.37. The average molecular weight is 154 g/mol. The predicted molar refractivity (Wildman–Crippen MR) is 39.4 cm³/mol. The van der Waals surface area contributed by atoms with Crippen molar-refractivity contribution in [2.75, 3.05) is 7.11 Å². The summed E-state index contributed by atoms with van der Waals surface area (Å²) >= 11 is 0. The molecule has 0 aliphatic rings. The molecular weight excluding hydrogens is 144 g/mol. The Balaban J connectivity index is 2.80. The van der Waals surface area contributed by atoms with Gasteiger partial charge in [0.25, 0.3) is 0 Å². The Morgan fingerprint density at radius 3 is 3.00 bits per heavy atom. The molecule has 0 atom stereocenters. The van der Waals surface area contributed by atoms with E-state index >= 15 is 0 Å². The van der Waals surface area contributed by atoms with Gasteiger partial charge in [-0.1, -0.05) is 6.92 Å². The van der Waals surface area contributed by atoms with Crippen LogP contribution in [0.15, 0.2) is 12.3 Å². The van der Waals surface area contributed by atoms with Gasteiger partial charge < -0.3 is 4.74 Å². The van der Waals surface area contributed by atoms with Crippen molar-refractivity contribution in [3.63, 3.8) is 0 Å². The van der Waals surface area contributed by atoms with Crippen molar-refractivity contribution in [2.45, 2.75) is 13.3 Å². The molecular formula is C7H10N2O2. The van der Waals surface area contributed by atoms with E-state index in [-0.39, 0.29) is 0 Å². The molecule has 0 unspecified atom stereocenters. The molecule has 0 bridgehead atoms. The Labute approximate surface area is 64.8 Å². The highest BCUT2D eigenvalue weighted by atomic mass is 16.5. The van der Waals surface area contributed by atoms with Crippen LogP contribution in [-0.2, 0) is 11.2 Å². The maximum absolute atomic E-state index is 10.8. The minimum absolute atomic E-state index is 0.454. The van der Waals surface area contributed by atoms with E-state index in [2.05, 4.69) is 9.84 Å². The molecule has 1 rings (SSSR count). The number of carbonyl (C=O) groups excluding carboxylic acids is 1. The van der Waals surface area contributed by atoms with Crippen molar-refractivity contribution >= 4 is 6.09 Å². The van der Waals surface area contributed by atoms with Gasteiger partial charge in [-0.3, -0.25) is 0 Å². The number of ether oxygens (including phenoxy) is 1. The topological polar surface area (TPSA) is 44.1 Å². The minimum Gasteiger partial charge on any atom is -0.451 e. The van der Waals surface area contributed by atoms with Crippen LogP contribution >= 0.6 is 0 Å². The van der Waals surface area contributed by atoms with Gasteiger partial charge in [0.2, 0.25) is 0 Å². The van der Waals surface area contributed by atoms with Gasteiger partial charge in [0, 0.05) is 6.20 Å². The number of nitrogens with zero attached hydrogens (tertiary/aromatic N) is 2. The van der Waals surface area contributed by atoms with Gasteiger partial charge in [-0.2, -0.15) is 9.78 Å². The fourth-order valence-corrected chi connectivity index (χ4v) is 0.745. The molecule has 0 radical (unpaired) electrons. The lowest BCUT2D eigenvalue weighted by atomic mass is 10.4. The summed E-state index contributed by atoms with van der Waals surface area (Å²) in [4.78, 5) is 10.8. The second-order valence-electron chi connectivity index (χ2n) is 2.08. The summed E-state index contributed by atoms with van der Waals surface area (Å²) in [5.74, 6) is 0. The van der Waals surface area contributed by atoms with E-state index in [0.29, 0.717) is 0 Å². The molecule has 0 aromatic carbocycles. The SMILES string of the molecule is CCc1ccn(C(=O)OC)n1. The van der Waals surface area contributed by atoms with Crippen LogP contribution in [0.1, 0.15) is 12.6 Å². The summed E-state index contributed by atoms with van der Waals surface area (Å²) in [7, 11) is 1.33. The van der Waals surface area contributed by atoms with Gasteiger partial charge in [0.15, 0.2) is 0 Å². The van der Waals surface area contributed by atoms with Crippen LogP contribution in [0.3, 0.4) is 0 Å². The lowest BCUT2D eigenvalue weighted by molar-refractivity contribution is 0.169. The molecule has 11 heavy (non-hydrogen) atoms. The van der Waals surface area contributed by atoms with Gasteiger partial charge >= 0.3 is 6.09 Å². The second kappa shape index (κ2) is 3.18. The number of methoxy groups -OCH3 is 1. The van der Waals surface area contributed by atoms with Crippen LogP contribution in [0.2, 0.25) is 0 Å². The van der Waals surface area contributed by atoms with E-state index in [9.17, 15) is 4.79 Å². The first kappa shape index (κ1) is 7.78. The standard InChI is InChI=1S/C7H10N2O2/c1-3-6-4-5-9(8-6)7(10)11-2/h4-5H,3H2,1-2H3. The van der Waals surface area contributed by atoms with E-state index in [1.807, 2.05) is 6.92 Å². The van der Waals surface area contributed by atoms with Crippen LogP contribution < -0.4 is 0 Å². The van der Waals surface area contributed by atoms with Crippen molar-refractivity contribution < 1.29 is 9.53 Å². The van der Waals surface area contributed by atoms with E-state index < -0.39 is 6.09 Å². The van der Waals surface area contributed by atoms with Crippen LogP contribution in [-0.4, -0.2) is 23.0 Å². The summed E-state index contributed by atoms with van der Waals surface area (Å²) in [6, 6.07) is 1.79. The van der Waals surface area contributed by atoms with Crippen molar-refractivity contribution in [1.82, 2.24) is 9.78 Å². The Kier molecular flexibility index (Phi) is 2.25. The summed E-state index contributed by atoms with van der Waals surface area (Å²) in [5.41, 5.74) is 0.885. The Morgan fingerprint density at radius 1 is 1.82 bits per heavy atom. The van der Waals surface area contributed by atoms with Gasteiger partial charge in [0.05, 0.1) is 12.8 Å². The van der Waals surface area contributed by atoms with Gasteiger partial charge in [-0.15, -0.1) is 0 Å². The Bertz CT molecular complexity index is 255. The van der Waals surface area contributed by atoms with Crippen LogP contribution in [0, 0.1) is 0 Å². The summed E-state index contributed by atoms with van der Waals surface area (Å²) < 4.78 is 5.64. The molecule has 0 N–H and O–H groups in total. The molecule has 0 aliphatic heterocycles. The molecule has 0 fully saturated rings. The van der Waals surface area contributed by atoms with E-state index in [1.54, 1.807) is 12.3 Å². The molecule has 0 saturated heterocycles. The lowest BCUT2D eigenvalue weighted by Gasteiger charge is -1.95. The lowest BCUT2D eigenvalue weighted by Crippen LogP contribution is -2.11. The zero-order valence-electron chi connectivity index (χ0n) is 6.57. The normalized spacial score (nSPS) is 9.64. The second-order valence-corrected chi connectivity index (χ2v) is 2.08. The first-order chi connectivity index (χ1) is 5.27. The molecule has 0 aliphatic carbocycles. The number of aromatic nitrogens is 2. The van der Waals surface area contributed by atoms with Crippen LogP contribution in [0.5, 0.6) is 0 Å². The molecule has 0 saturated carbocycles. The molecule has 0 spiro atoms. The third-order valence-electron chi connectivity index (χ3n) is 1.37. The van der Waals surface area contributed by atoms with Gasteiger partial charge in [-0.05, 0) is 12.5 Å². The van der Waals surface area contributed by atoms with Crippen molar-refractivity contribution in [1.29, 1.82) is 0 Å². The molecule has 4 nitrogen and oxygen atoms in total. The first-order valence-corrected chi connectivity index (χ1v) is 3.40. The fraction of sp³-hybridized carbons (Fsp3) is 0.429. The number of hydrogen-bond donors (Lipinski definition) is 0. The number of aryl methyl sites for hydroxylation is 1. The van der Waals surface area contributed by atoms with Crippen molar-refractivity contribution in [3.8, 4) is 0 Å². The maximum atomic E-state index is 10.8. The first-order valence-electron chi connectivity index (χ1n) is 3.40. The highest BCUT2D eigenvalue weighted by Crippen LogP contribution is 1.96. The van der Waals surface area contributed by atoms with Gasteiger partial charge in [-0.25, -0.2) is 4.79 Å². The van der Waals surface area contributed by atoms with E-state index in [4.69, 9.17) is 0 Å². The molecule has 1 aromatic heterocycles. The molecule has 60 valence electrons. The largest absolute Gasteiger partial charge is 0.451 e. The molecule has 0 amide bonds. The predicted octanol–water partition coefficient (Wildman–Crippen LogP) is 1.06. The molecule has 4 heteroatoms.